The topological polar surface area (TPSA) is 55.2 Å². The molecule has 0 bridgehead atoms. The second-order valence-corrected chi connectivity index (χ2v) is 6.54. The number of hydrogen-bond donors (Lipinski definition) is 1. The number of halogens is 3. The van der Waals surface area contributed by atoms with E-state index >= 15 is 0 Å². The van der Waals surface area contributed by atoms with Crippen molar-refractivity contribution in [1.82, 2.24) is 0 Å². The summed E-state index contributed by atoms with van der Waals surface area (Å²) in [4.78, 5) is 10.7. The molecule has 0 aliphatic heterocycles. The Balaban J connectivity index is 2.29. The van der Waals surface area contributed by atoms with E-state index in [0.717, 1.165) is 14.7 Å². The lowest BCUT2D eigenvalue weighted by Crippen LogP contribution is -2.07. The molecule has 0 fully saturated rings. The minimum atomic E-state index is -1.19. The first-order chi connectivity index (χ1) is 9.38. The maximum absolute atomic E-state index is 13.6. The van der Waals surface area contributed by atoms with E-state index in [-0.39, 0.29) is 11.7 Å². The minimum absolute atomic E-state index is 0.102. The van der Waals surface area contributed by atoms with Gasteiger partial charge in [0.15, 0.2) is 0 Å². The zero-order valence-corrected chi connectivity index (χ0v) is 12.6. The molecule has 0 aliphatic carbocycles. The normalized spacial score (nSPS) is 12.2. The highest BCUT2D eigenvalue weighted by Gasteiger charge is 2.20. The lowest BCUT2D eigenvalue weighted by molar-refractivity contribution is -0.387. The van der Waals surface area contributed by atoms with E-state index in [9.17, 15) is 18.9 Å². The fraction of sp³-hybridized carbons (Fsp3) is 0.167. The Kier molecular flexibility index (Phi) is 4.34. The fourth-order valence-corrected chi connectivity index (χ4v) is 3.08. The van der Waals surface area contributed by atoms with Gasteiger partial charge in [-0.25, -0.2) is 4.39 Å². The standard InChI is InChI=1S/C12H9BrF2N2O2S/c1-6(11-2-3-12(13)20-11)16-9-5-10(17(18)19)8(15)4-7(9)14/h2-6,16H,1H3. The van der Waals surface area contributed by atoms with Crippen molar-refractivity contribution in [2.24, 2.45) is 0 Å². The van der Waals surface area contributed by atoms with Gasteiger partial charge < -0.3 is 5.32 Å². The van der Waals surface area contributed by atoms with E-state index in [2.05, 4.69) is 21.2 Å². The Labute approximate surface area is 125 Å². The number of benzene rings is 1. The third kappa shape index (κ3) is 3.13. The Morgan fingerprint density at radius 2 is 2.05 bits per heavy atom. The van der Waals surface area contributed by atoms with E-state index in [0.29, 0.717) is 6.07 Å². The first-order valence-electron chi connectivity index (χ1n) is 5.53. The molecule has 0 radical (unpaired) electrons. The molecule has 0 amide bonds. The fourth-order valence-electron chi connectivity index (χ4n) is 1.65. The SMILES string of the molecule is CC(Nc1cc([N+](=O)[O-])c(F)cc1F)c1ccc(Br)s1. The van der Waals surface area contributed by atoms with Crippen molar-refractivity contribution in [2.45, 2.75) is 13.0 Å². The number of nitro groups is 1. The Hall–Kier alpha value is -1.54. The number of thiophene rings is 1. The molecular formula is C12H9BrF2N2O2S. The summed E-state index contributed by atoms with van der Waals surface area (Å²) in [6, 6.07) is 4.82. The van der Waals surface area contributed by atoms with Crippen LogP contribution >= 0.6 is 27.3 Å². The van der Waals surface area contributed by atoms with Crippen molar-refractivity contribution in [3.63, 3.8) is 0 Å². The third-order valence-corrected chi connectivity index (χ3v) is 4.43. The molecule has 1 N–H and O–H groups in total. The number of nitrogens with one attached hydrogen (secondary N) is 1. The van der Waals surface area contributed by atoms with Gasteiger partial charge in [0, 0.05) is 17.0 Å². The summed E-state index contributed by atoms with van der Waals surface area (Å²) in [5, 5.41) is 13.5. The first-order valence-corrected chi connectivity index (χ1v) is 7.14. The van der Waals surface area contributed by atoms with Gasteiger partial charge in [-0.15, -0.1) is 11.3 Å². The summed E-state index contributed by atoms with van der Waals surface area (Å²) in [5.41, 5.74) is -0.858. The van der Waals surface area contributed by atoms with Gasteiger partial charge in [0.05, 0.1) is 20.4 Å². The maximum atomic E-state index is 13.6. The van der Waals surface area contributed by atoms with Gasteiger partial charge in [0.1, 0.15) is 5.82 Å². The van der Waals surface area contributed by atoms with Crippen LogP contribution < -0.4 is 5.32 Å². The summed E-state index contributed by atoms with van der Waals surface area (Å²) in [6.45, 7) is 1.78. The molecule has 4 nitrogen and oxygen atoms in total. The summed E-state index contributed by atoms with van der Waals surface area (Å²) < 4.78 is 27.8. The number of nitro benzene ring substituents is 1. The average molecular weight is 363 g/mol. The molecule has 106 valence electrons. The molecule has 1 aromatic heterocycles. The van der Waals surface area contributed by atoms with Crippen molar-refractivity contribution in [3.05, 3.63) is 54.7 Å². The first kappa shape index (κ1) is 14.9. The predicted molar refractivity (Wildman–Crippen MR) is 77.1 cm³/mol. The van der Waals surface area contributed by atoms with Crippen molar-refractivity contribution < 1.29 is 13.7 Å². The highest BCUT2D eigenvalue weighted by atomic mass is 79.9. The second-order valence-electron chi connectivity index (χ2n) is 4.05. The molecule has 0 saturated carbocycles. The quantitative estimate of drug-likeness (QED) is 0.623. The number of anilines is 1. The Bertz CT molecular complexity index is 663. The van der Waals surface area contributed by atoms with Crippen LogP contribution in [0.1, 0.15) is 17.8 Å². The number of hydrogen-bond acceptors (Lipinski definition) is 4. The largest absolute Gasteiger partial charge is 0.375 e. The summed E-state index contributed by atoms with van der Waals surface area (Å²) in [5.74, 6) is -2.06. The van der Waals surface area contributed by atoms with Crippen LogP contribution in [0.2, 0.25) is 0 Å². The van der Waals surface area contributed by atoms with Crippen molar-refractivity contribution in [1.29, 1.82) is 0 Å². The van der Waals surface area contributed by atoms with Gasteiger partial charge in [-0.1, -0.05) is 0 Å². The van der Waals surface area contributed by atoms with Crippen LogP contribution in [-0.4, -0.2) is 4.92 Å². The van der Waals surface area contributed by atoms with Gasteiger partial charge in [0.25, 0.3) is 0 Å². The molecule has 8 heteroatoms. The summed E-state index contributed by atoms with van der Waals surface area (Å²) >= 11 is 4.78. The third-order valence-electron chi connectivity index (χ3n) is 2.63. The summed E-state index contributed by atoms with van der Waals surface area (Å²) in [7, 11) is 0. The van der Waals surface area contributed by atoms with E-state index in [1.165, 1.54) is 11.3 Å². The molecule has 1 aromatic carbocycles. The van der Waals surface area contributed by atoms with Crippen LogP contribution in [0.5, 0.6) is 0 Å². The molecule has 1 atom stereocenters. The van der Waals surface area contributed by atoms with E-state index < -0.39 is 22.2 Å². The van der Waals surface area contributed by atoms with E-state index in [1.54, 1.807) is 6.92 Å². The van der Waals surface area contributed by atoms with Crippen molar-refractivity contribution >= 4 is 38.6 Å². The van der Waals surface area contributed by atoms with E-state index in [1.807, 2.05) is 12.1 Å². The molecule has 0 spiro atoms. The van der Waals surface area contributed by atoms with Gasteiger partial charge >= 0.3 is 5.69 Å². The van der Waals surface area contributed by atoms with Crippen LogP contribution in [0.15, 0.2) is 28.1 Å². The molecule has 1 unspecified atom stereocenters. The highest BCUT2D eigenvalue weighted by Crippen LogP contribution is 2.32. The van der Waals surface area contributed by atoms with Crippen LogP contribution in [0.25, 0.3) is 0 Å². The predicted octanol–water partition coefficient (Wildman–Crippen LogP) is 4.87. The van der Waals surface area contributed by atoms with Crippen LogP contribution in [0.3, 0.4) is 0 Å². The van der Waals surface area contributed by atoms with Gasteiger partial charge in [-0.05, 0) is 35.0 Å². The van der Waals surface area contributed by atoms with Crippen LogP contribution in [-0.2, 0) is 0 Å². The average Bonchev–Trinajstić information content (AvgIpc) is 2.79. The smallest absolute Gasteiger partial charge is 0.307 e. The van der Waals surface area contributed by atoms with Gasteiger partial charge in [-0.2, -0.15) is 4.39 Å². The van der Waals surface area contributed by atoms with E-state index in [4.69, 9.17) is 0 Å². The van der Waals surface area contributed by atoms with Crippen molar-refractivity contribution in [3.8, 4) is 0 Å². The minimum Gasteiger partial charge on any atom is -0.375 e. The molecule has 0 aliphatic rings. The lowest BCUT2D eigenvalue weighted by Gasteiger charge is -2.14. The molecule has 1 heterocycles. The second kappa shape index (κ2) is 5.84. The zero-order valence-electron chi connectivity index (χ0n) is 10.2. The maximum Gasteiger partial charge on any atom is 0.307 e. The molecular weight excluding hydrogens is 354 g/mol. The van der Waals surface area contributed by atoms with Crippen LogP contribution in [0.4, 0.5) is 20.2 Å². The Morgan fingerprint density at radius 1 is 1.35 bits per heavy atom. The lowest BCUT2D eigenvalue weighted by atomic mass is 10.2. The molecule has 0 saturated heterocycles. The monoisotopic (exact) mass is 362 g/mol. The number of rotatable bonds is 4. The molecule has 2 aromatic rings. The summed E-state index contributed by atoms with van der Waals surface area (Å²) in [6.07, 6.45) is 0. The van der Waals surface area contributed by atoms with Crippen molar-refractivity contribution in [2.75, 3.05) is 5.32 Å². The molecule has 2 rings (SSSR count). The van der Waals surface area contributed by atoms with Gasteiger partial charge in [-0.3, -0.25) is 10.1 Å². The number of nitrogens with zero attached hydrogens (tertiary/aromatic N) is 1. The van der Waals surface area contributed by atoms with Gasteiger partial charge in [0.2, 0.25) is 5.82 Å². The highest BCUT2D eigenvalue weighted by molar-refractivity contribution is 9.11. The Morgan fingerprint density at radius 3 is 2.60 bits per heavy atom. The zero-order chi connectivity index (χ0) is 14.9. The molecule has 20 heavy (non-hydrogen) atoms. The van der Waals surface area contributed by atoms with Crippen LogP contribution in [0, 0.1) is 21.7 Å².